The van der Waals surface area contributed by atoms with Gasteiger partial charge in [0.25, 0.3) is 0 Å². The molecular weight excluding hydrogens is 284 g/mol. The van der Waals surface area contributed by atoms with E-state index in [-0.39, 0.29) is 0 Å². The maximum atomic E-state index is 4.46. The van der Waals surface area contributed by atoms with E-state index in [9.17, 15) is 0 Å². The highest BCUT2D eigenvalue weighted by Gasteiger charge is 2.20. The molecule has 1 aliphatic heterocycles. The highest BCUT2D eigenvalue weighted by atomic mass is 15.3. The Morgan fingerprint density at radius 1 is 1.17 bits per heavy atom. The van der Waals surface area contributed by atoms with Crippen LogP contribution in [0.15, 0.2) is 42.7 Å². The number of aromatic nitrogens is 2. The highest BCUT2D eigenvalue weighted by molar-refractivity contribution is 5.30. The minimum absolute atomic E-state index is 0.675. The number of hydrogen-bond donors (Lipinski definition) is 1. The molecule has 0 unspecified atom stereocenters. The normalized spacial score (nSPS) is 17.0. The first-order valence-corrected chi connectivity index (χ1v) is 8.79. The SMILES string of the molecule is CC(C)N1CCC(NCCc2cnn(-c3ccccc3)c2)CC1. The molecular formula is C19H28N4. The molecule has 1 N–H and O–H groups in total. The van der Waals surface area contributed by atoms with E-state index in [1.807, 2.05) is 29.1 Å². The minimum Gasteiger partial charge on any atom is -0.314 e. The summed E-state index contributed by atoms with van der Waals surface area (Å²) in [7, 11) is 0. The van der Waals surface area contributed by atoms with Gasteiger partial charge in [-0.05, 0) is 70.4 Å². The Hall–Kier alpha value is -1.65. The van der Waals surface area contributed by atoms with E-state index in [1.54, 1.807) is 0 Å². The molecule has 0 bridgehead atoms. The lowest BCUT2D eigenvalue weighted by atomic mass is 10.0. The Labute approximate surface area is 139 Å². The van der Waals surface area contributed by atoms with Crippen LogP contribution in [0.4, 0.5) is 0 Å². The van der Waals surface area contributed by atoms with Gasteiger partial charge in [0.05, 0.1) is 11.9 Å². The molecule has 0 atom stereocenters. The Balaban J connectivity index is 1.43. The monoisotopic (exact) mass is 312 g/mol. The first kappa shape index (κ1) is 16.2. The number of para-hydroxylation sites is 1. The number of rotatable bonds is 6. The van der Waals surface area contributed by atoms with Gasteiger partial charge in [0.2, 0.25) is 0 Å². The fourth-order valence-electron chi connectivity index (χ4n) is 3.25. The summed E-state index contributed by atoms with van der Waals surface area (Å²) in [5.74, 6) is 0. The van der Waals surface area contributed by atoms with Crippen molar-refractivity contribution in [1.29, 1.82) is 0 Å². The van der Waals surface area contributed by atoms with Gasteiger partial charge in [0, 0.05) is 18.3 Å². The predicted molar refractivity (Wildman–Crippen MR) is 95.0 cm³/mol. The summed E-state index contributed by atoms with van der Waals surface area (Å²) >= 11 is 0. The molecule has 0 aliphatic carbocycles. The molecule has 1 aliphatic rings. The van der Waals surface area contributed by atoms with Gasteiger partial charge in [0.15, 0.2) is 0 Å². The van der Waals surface area contributed by atoms with Gasteiger partial charge in [-0.15, -0.1) is 0 Å². The van der Waals surface area contributed by atoms with Crippen molar-refractivity contribution < 1.29 is 0 Å². The predicted octanol–water partition coefficient (Wildman–Crippen LogP) is 2.88. The highest BCUT2D eigenvalue weighted by Crippen LogP contribution is 2.13. The van der Waals surface area contributed by atoms with Crippen LogP contribution >= 0.6 is 0 Å². The van der Waals surface area contributed by atoms with Gasteiger partial charge in [-0.25, -0.2) is 4.68 Å². The fourth-order valence-corrected chi connectivity index (χ4v) is 3.25. The molecule has 0 saturated carbocycles. The lowest BCUT2D eigenvalue weighted by Gasteiger charge is -2.35. The van der Waals surface area contributed by atoms with Crippen LogP contribution in [0.5, 0.6) is 0 Å². The second-order valence-corrected chi connectivity index (χ2v) is 6.74. The van der Waals surface area contributed by atoms with Crippen LogP contribution in [0.1, 0.15) is 32.3 Å². The van der Waals surface area contributed by atoms with E-state index < -0.39 is 0 Å². The summed E-state index contributed by atoms with van der Waals surface area (Å²) < 4.78 is 1.95. The van der Waals surface area contributed by atoms with E-state index in [0.29, 0.717) is 12.1 Å². The third-order valence-electron chi connectivity index (χ3n) is 4.76. The van der Waals surface area contributed by atoms with Gasteiger partial charge < -0.3 is 10.2 Å². The summed E-state index contributed by atoms with van der Waals surface area (Å²) in [5, 5.41) is 8.18. The smallest absolute Gasteiger partial charge is 0.0645 e. The van der Waals surface area contributed by atoms with E-state index in [0.717, 1.165) is 18.7 Å². The van der Waals surface area contributed by atoms with Crippen molar-refractivity contribution in [3.8, 4) is 5.69 Å². The standard InChI is InChI=1S/C19H28N4/c1-16(2)22-12-9-18(10-13-22)20-11-8-17-14-21-23(15-17)19-6-4-3-5-7-19/h3-7,14-16,18,20H,8-13H2,1-2H3. The van der Waals surface area contributed by atoms with Crippen LogP contribution < -0.4 is 5.32 Å². The molecule has 4 heteroatoms. The Kier molecular flexibility index (Phi) is 5.47. The zero-order valence-electron chi connectivity index (χ0n) is 14.3. The van der Waals surface area contributed by atoms with Crippen molar-refractivity contribution in [2.45, 2.75) is 45.2 Å². The molecule has 2 heterocycles. The van der Waals surface area contributed by atoms with E-state index in [4.69, 9.17) is 0 Å². The van der Waals surface area contributed by atoms with Crippen LogP contribution in [0.3, 0.4) is 0 Å². The van der Waals surface area contributed by atoms with Crippen molar-refractivity contribution in [3.63, 3.8) is 0 Å². The second-order valence-electron chi connectivity index (χ2n) is 6.74. The molecule has 4 nitrogen and oxygen atoms in total. The maximum absolute atomic E-state index is 4.46. The molecule has 124 valence electrons. The van der Waals surface area contributed by atoms with Crippen molar-refractivity contribution in [1.82, 2.24) is 20.0 Å². The molecule has 1 aromatic carbocycles. The molecule has 2 aromatic rings. The molecule has 1 aromatic heterocycles. The largest absolute Gasteiger partial charge is 0.314 e. The van der Waals surface area contributed by atoms with Gasteiger partial charge in [-0.3, -0.25) is 0 Å². The average Bonchev–Trinajstić information content (AvgIpc) is 3.05. The third-order valence-corrected chi connectivity index (χ3v) is 4.76. The molecule has 0 amide bonds. The fraction of sp³-hybridized carbons (Fsp3) is 0.526. The van der Waals surface area contributed by atoms with Gasteiger partial charge in [-0.1, -0.05) is 18.2 Å². The van der Waals surface area contributed by atoms with Crippen LogP contribution in [-0.2, 0) is 6.42 Å². The zero-order valence-corrected chi connectivity index (χ0v) is 14.3. The maximum Gasteiger partial charge on any atom is 0.0645 e. The summed E-state index contributed by atoms with van der Waals surface area (Å²) in [4.78, 5) is 2.57. The van der Waals surface area contributed by atoms with Crippen LogP contribution in [0.25, 0.3) is 5.69 Å². The Morgan fingerprint density at radius 2 is 1.91 bits per heavy atom. The number of nitrogens with zero attached hydrogens (tertiary/aromatic N) is 3. The Bertz CT molecular complexity index is 582. The number of likely N-dealkylation sites (tertiary alicyclic amines) is 1. The molecule has 0 spiro atoms. The summed E-state index contributed by atoms with van der Waals surface area (Å²) in [5.41, 5.74) is 2.41. The first-order valence-electron chi connectivity index (χ1n) is 8.79. The van der Waals surface area contributed by atoms with Crippen LogP contribution in [0, 0.1) is 0 Å². The summed E-state index contributed by atoms with van der Waals surface area (Å²) in [6.07, 6.45) is 7.69. The number of hydrogen-bond acceptors (Lipinski definition) is 3. The van der Waals surface area contributed by atoms with Crippen molar-refractivity contribution in [2.75, 3.05) is 19.6 Å². The summed E-state index contributed by atoms with van der Waals surface area (Å²) in [6, 6.07) is 11.6. The van der Waals surface area contributed by atoms with Crippen molar-refractivity contribution in [3.05, 3.63) is 48.3 Å². The molecule has 3 rings (SSSR count). The number of piperidine rings is 1. The zero-order chi connectivity index (χ0) is 16.1. The number of nitrogens with one attached hydrogen (secondary N) is 1. The minimum atomic E-state index is 0.675. The lowest BCUT2D eigenvalue weighted by molar-refractivity contribution is 0.161. The summed E-state index contributed by atoms with van der Waals surface area (Å²) in [6.45, 7) is 8.06. The van der Waals surface area contributed by atoms with E-state index >= 15 is 0 Å². The van der Waals surface area contributed by atoms with Crippen molar-refractivity contribution >= 4 is 0 Å². The second kappa shape index (κ2) is 7.75. The molecule has 1 fully saturated rings. The van der Waals surface area contributed by atoms with Crippen molar-refractivity contribution in [2.24, 2.45) is 0 Å². The molecule has 0 radical (unpaired) electrons. The van der Waals surface area contributed by atoms with Crippen LogP contribution in [0.2, 0.25) is 0 Å². The third kappa shape index (κ3) is 4.43. The van der Waals surface area contributed by atoms with Gasteiger partial charge in [0.1, 0.15) is 0 Å². The first-order chi connectivity index (χ1) is 11.2. The van der Waals surface area contributed by atoms with E-state index in [2.05, 4.69) is 47.5 Å². The topological polar surface area (TPSA) is 33.1 Å². The van der Waals surface area contributed by atoms with E-state index in [1.165, 1.54) is 31.5 Å². The lowest BCUT2D eigenvalue weighted by Crippen LogP contribution is -2.45. The molecule has 1 saturated heterocycles. The quantitative estimate of drug-likeness (QED) is 0.890. The van der Waals surface area contributed by atoms with Gasteiger partial charge in [-0.2, -0.15) is 5.10 Å². The van der Waals surface area contributed by atoms with Gasteiger partial charge >= 0.3 is 0 Å². The number of benzene rings is 1. The average molecular weight is 312 g/mol. The van der Waals surface area contributed by atoms with Crippen LogP contribution in [-0.4, -0.2) is 46.4 Å². The molecule has 23 heavy (non-hydrogen) atoms. The Morgan fingerprint density at radius 3 is 2.61 bits per heavy atom.